The number of hydrogen-bond donors (Lipinski definition) is 3. The third-order valence-corrected chi connectivity index (χ3v) is 4.95. The smallest absolute Gasteiger partial charge is 0.228 e. The van der Waals surface area contributed by atoms with Gasteiger partial charge in [0.15, 0.2) is 5.11 Å². The summed E-state index contributed by atoms with van der Waals surface area (Å²) < 4.78 is -1.78. The summed E-state index contributed by atoms with van der Waals surface area (Å²) in [5.41, 5.74) is 2.16. The van der Waals surface area contributed by atoms with E-state index in [1.165, 1.54) is 0 Å². The number of nitrogens with one attached hydrogen (secondary N) is 3. The van der Waals surface area contributed by atoms with Gasteiger partial charge >= 0.3 is 0 Å². The zero-order valence-corrected chi connectivity index (χ0v) is 20.0. The van der Waals surface area contributed by atoms with Crippen molar-refractivity contribution in [3.05, 3.63) is 54.6 Å². The van der Waals surface area contributed by atoms with Crippen LogP contribution in [-0.2, 0) is 4.79 Å². The number of amides is 1. The third-order valence-electron chi connectivity index (χ3n) is 4.08. The number of carbonyl (C=O) groups excluding carboxylic acids is 1. The normalized spacial score (nSPS) is 12.4. The summed E-state index contributed by atoms with van der Waals surface area (Å²) >= 11 is 23.3. The van der Waals surface area contributed by atoms with Gasteiger partial charge in [0.05, 0.1) is 11.4 Å². The minimum Gasteiger partial charge on any atom is -0.339 e. The molecular weight excluding hydrogens is 477 g/mol. The van der Waals surface area contributed by atoms with Gasteiger partial charge in [0.25, 0.3) is 0 Å². The highest BCUT2D eigenvalue weighted by Gasteiger charge is 2.34. The fourth-order valence-electron chi connectivity index (χ4n) is 2.49. The first-order chi connectivity index (χ1) is 14.8. The molecule has 0 aliphatic rings. The summed E-state index contributed by atoms with van der Waals surface area (Å²) in [7, 11) is 0. The predicted molar refractivity (Wildman–Crippen MR) is 133 cm³/mol. The molecule has 0 unspecified atom stereocenters. The Morgan fingerprint density at radius 2 is 1.58 bits per heavy atom. The molecule has 3 N–H and O–H groups in total. The number of nitrogens with zero attached hydrogens (tertiary/aromatic N) is 2. The van der Waals surface area contributed by atoms with E-state index in [2.05, 4.69) is 33.1 Å². The number of unbranched alkanes of at least 4 members (excludes halogenated alkanes) is 2. The quantitative estimate of drug-likeness (QED) is 0.117. The number of halogens is 3. The number of hydrogen-bond acceptors (Lipinski definition) is 4. The molecule has 2 rings (SSSR count). The minimum atomic E-state index is -1.78. The molecule has 0 heterocycles. The van der Waals surface area contributed by atoms with Gasteiger partial charge in [0, 0.05) is 12.1 Å². The van der Waals surface area contributed by atoms with Crippen LogP contribution in [0.15, 0.2) is 64.8 Å². The Hall–Kier alpha value is -1.93. The number of thiocarbonyl (C=S) groups is 1. The van der Waals surface area contributed by atoms with Crippen molar-refractivity contribution in [2.45, 2.75) is 42.6 Å². The molecule has 0 radical (unpaired) electrons. The van der Waals surface area contributed by atoms with Crippen molar-refractivity contribution >= 4 is 75.1 Å². The number of benzene rings is 2. The lowest BCUT2D eigenvalue weighted by Crippen LogP contribution is -2.56. The summed E-state index contributed by atoms with van der Waals surface area (Å²) in [4.78, 5) is 12.1. The van der Waals surface area contributed by atoms with Crippen LogP contribution in [0.5, 0.6) is 0 Å². The monoisotopic (exact) mass is 499 g/mol. The molecular formula is C21H24Cl3N5OS. The molecule has 6 nitrogen and oxygen atoms in total. The number of carbonyl (C=O) groups is 1. The fraction of sp³-hybridized carbons (Fsp3) is 0.333. The number of alkyl halides is 3. The van der Waals surface area contributed by atoms with Gasteiger partial charge in [0.2, 0.25) is 9.70 Å². The van der Waals surface area contributed by atoms with Crippen molar-refractivity contribution in [3.63, 3.8) is 0 Å². The highest BCUT2D eigenvalue weighted by Crippen LogP contribution is 2.29. The second kappa shape index (κ2) is 12.8. The van der Waals surface area contributed by atoms with Gasteiger partial charge in [-0.25, -0.2) is 0 Å². The average Bonchev–Trinajstić information content (AvgIpc) is 2.73. The van der Waals surface area contributed by atoms with Crippen molar-refractivity contribution < 1.29 is 4.79 Å². The topological polar surface area (TPSA) is 77.9 Å². The van der Waals surface area contributed by atoms with E-state index in [0.717, 1.165) is 24.9 Å². The summed E-state index contributed by atoms with van der Waals surface area (Å²) in [6.07, 6.45) is 2.11. The fourth-order valence-corrected chi connectivity index (χ4v) is 3.05. The minimum absolute atomic E-state index is 0.198. The molecule has 0 aliphatic heterocycles. The van der Waals surface area contributed by atoms with E-state index in [-0.39, 0.29) is 11.0 Å². The van der Waals surface area contributed by atoms with Gasteiger partial charge in [-0.3, -0.25) is 4.79 Å². The Morgan fingerprint density at radius 1 is 0.968 bits per heavy atom. The Balaban J connectivity index is 1.91. The summed E-state index contributed by atoms with van der Waals surface area (Å²) in [5, 5.41) is 17.1. The number of azo groups is 1. The van der Waals surface area contributed by atoms with E-state index < -0.39 is 9.96 Å². The van der Waals surface area contributed by atoms with Crippen LogP contribution in [0.1, 0.15) is 32.6 Å². The molecule has 0 aliphatic carbocycles. The molecule has 31 heavy (non-hydrogen) atoms. The van der Waals surface area contributed by atoms with Crippen LogP contribution in [0, 0.1) is 0 Å². The van der Waals surface area contributed by atoms with Crippen LogP contribution in [0.3, 0.4) is 0 Å². The van der Waals surface area contributed by atoms with E-state index in [1.54, 1.807) is 24.3 Å². The van der Waals surface area contributed by atoms with Crippen molar-refractivity contribution in [2.24, 2.45) is 10.2 Å². The lowest BCUT2D eigenvalue weighted by atomic mass is 10.2. The lowest BCUT2D eigenvalue weighted by molar-refractivity contribution is -0.122. The predicted octanol–water partition coefficient (Wildman–Crippen LogP) is 6.78. The molecule has 2 aromatic rings. The van der Waals surface area contributed by atoms with Crippen molar-refractivity contribution in [1.29, 1.82) is 0 Å². The Labute approximate surface area is 202 Å². The maximum absolute atomic E-state index is 12.1. The highest BCUT2D eigenvalue weighted by molar-refractivity contribution is 7.80. The van der Waals surface area contributed by atoms with Crippen molar-refractivity contribution in [3.8, 4) is 0 Å². The molecule has 10 heteroatoms. The Bertz CT molecular complexity index is 873. The van der Waals surface area contributed by atoms with Crippen molar-refractivity contribution in [1.82, 2.24) is 10.6 Å². The van der Waals surface area contributed by atoms with Crippen LogP contribution in [0.4, 0.5) is 17.1 Å². The van der Waals surface area contributed by atoms with Crippen LogP contribution < -0.4 is 16.0 Å². The first kappa shape index (κ1) is 25.3. The largest absolute Gasteiger partial charge is 0.339 e. The Morgan fingerprint density at radius 3 is 2.16 bits per heavy atom. The molecule has 0 saturated carbocycles. The van der Waals surface area contributed by atoms with Crippen LogP contribution in [0.2, 0.25) is 0 Å². The first-order valence-corrected chi connectivity index (χ1v) is 11.3. The zero-order valence-electron chi connectivity index (χ0n) is 16.9. The standard InChI is InChI=1S/C21H24Cl3N5OS/c1-2-3-5-10-18(30)26-19(21(22,23)24)27-20(31)25-15-11-13-17(14-12-15)29-28-16-8-6-4-7-9-16/h4,6-9,11-14,19H,2-3,5,10H2,1H3,(H,26,30)(H2,25,27,31)/t19-/m1/s1. The van der Waals surface area contributed by atoms with Gasteiger partial charge < -0.3 is 16.0 Å². The summed E-state index contributed by atoms with van der Waals surface area (Å²) in [6, 6.07) is 16.6. The van der Waals surface area contributed by atoms with E-state index in [4.69, 9.17) is 47.0 Å². The molecule has 2 aromatic carbocycles. The van der Waals surface area contributed by atoms with E-state index >= 15 is 0 Å². The summed E-state index contributed by atoms with van der Waals surface area (Å²) in [6.45, 7) is 2.06. The van der Waals surface area contributed by atoms with Gasteiger partial charge in [-0.15, -0.1) is 0 Å². The maximum Gasteiger partial charge on any atom is 0.228 e. The molecule has 0 saturated heterocycles. The van der Waals surface area contributed by atoms with E-state index in [9.17, 15) is 4.79 Å². The summed E-state index contributed by atoms with van der Waals surface area (Å²) in [5.74, 6) is -0.215. The number of anilines is 1. The Kier molecular flexibility index (Phi) is 10.5. The first-order valence-electron chi connectivity index (χ1n) is 9.78. The van der Waals surface area contributed by atoms with Crippen LogP contribution in [0.25, 0.3) is 0 Å². The molecule has 0 bridgehead atoms. The van der Waals surface area contributed by atoms with Gasteiger partial charge in [0.1, 0.15) is 6.17 Å². The zero-order chi connectivity index (χ0) is 22.7. The van der Waals surface area contributed by atoms with E-state index in [1.807, 2.05) is 30.3 Å². The second-order valence-corrected chi connectivity index (χ2v) is 9.46. The molecule has 0 spiro atoms. The highest BCUT2D eigenvalue weighted by atomic mass is 35.6. The molecule has 1 atom stereocenters. The molecule has 1 amide bonds. The second-order valence-electron chi connectivity index (χ2n) is 6.68. The third kappa shape index (κ3) is 9.82. The SMILES string of the molecule is CCCCCC(=O)N[C@H](NC(=S)Nc1ccc(N=Nc2ccccc2)cc1)C(Cl)(Cl)Cl. The molecule has 0 fully saturated rings. The molecule has 0 aromatic heterocycles. The van der Waals surface area contributed by atoms with Crippen LogP contribution in [-0.4, -0.2) is 21.0 Å². The van der Waals surface area contributed by atoms with Gasteiger partial charge in [-0.1, -0.05) is 72.8 Å². The number of rotatable bonds is 9. The van der Waals surface area contributed by atoms with E-state index in [0.29, 0.717) is 17.8 Å². The lowest BCUT2D eigenvalue weighted by Gasteiger charge is -2.27. The molecule has 166 valence electrons. The van der Waals surface area contributed by atoms with Crippen molar-refractivity contribution in [2.75, 3.05) is 5.32 Å². The van der Waals surface area contributed by atoms with Gasteiger partial charge in [-0.05, 0) is 55.0 Å². The average molecular weight is 501 g/mol. The van der Waals surface area contributed by atoms with Crippen LogP contribution >= 0.6 is 47.0 Å². The van der Waals surface area contributed by atoms with Gasteiger partial charge in [-0.2, -0.15) is 10.2 Å². The maximum atomic E-state index is 12.1.